The average Bonchev–Trinajstić information content (AvgIpc) is 3.02. The van der Waals surface area contributed by atoms with Gasteiger partial charge in [-0.1, -0.05) is 6.07 Å². The van der Waals surface area contributed by atoms with Gasteiger partial charge in [0.2, 0.25) is 0 Å². The van der Waals surface area contributed by atoms with Crippen LogP contribution in [0.1, 0.15) is 22.6 Å². The van der Waals surface area contributed by atoms with Crippen molar-refractivity contribution in [1.29, 1.82) is 0 Å². The first kappa shape index (κ1) is 17.7. The summed E-state index contributed by atoms with van der Waals surface area (Å²) >= 11 is 0. The first-order chi connectivity index (χ1) is 12.5. The van der Waals surface area contributed by atoms with Crippen molar-refractivity contribution in [1.82, 2.24) is 14.8 Å². The van der Waals surface area contributed by atoms with Crippen molar-refractivity contribution < 1.29 is 23.4 Å². The van der Waals surface area contributed by atoms with Gasteiger partial charge in [-0.15, -0.1) is 0 Å². The summed E-state index contributed by atoms with van der Waals surface area (Å²) in [6.45, 7) is 0.282. The van der Waals surface area contributed by atoms with Gasteiger partial charge >= 0.3 is 0 Å². The highest BCUT2D eigenvalue weighted by atomic mass is 19.3. The molecular formula is C17H16F2N4O3. The first-order valence-electron chi connectivity index (χ1n) is 7.74. The van der Waals surface area contributed by atoms with Gasteiger partial charge in [-0.25, -0.2) is 13.8 Å². The molecule has 136 valence electrons. The monoisotopic (exact) mass is 362 g/mol. The number of aromatic nitrogens is 3. The standard InChI is InChI=1S/C17H16F2N4O3/c1-26-15-8-13-10(9-23(22-13)5-6-24)7-14(15)21-17(25)12-4-2-3-11(20-12)16(18)19/h2-4,7-9,16,24H,5-6H2,1H3,(H,21,25). The molecule has 3 rings (SSSR count). The molecule has 0 atom stereocenters. The summed E-state index contributed by atoms with van der Waals surface area (Å²) in [5, 5.41) is 16.6. The molecule has 0 radical (unpaired) electrons. The Morgan fingerprint density at radius 3 is 2.88 bits per heavy atom. The zero-order chi connectivity index (χ0) is 18.7. The van der Waals surface area contributed by atoms with E-state index < -0.39 is 18.0 Å². The number of anilines is 1. The van der Waals surface area contributed by atoms with Crippen LogP contribution in [0.4, 0.5) is 14.5 Å². The topological polar surface area (TPSA) is 89.3 Å². The SMILES string of the molecule is COc1cc2nn(CCO)cc2cc1NC(=O)c1cccc(C(F)F)n1. The fraction of sp³-hybridized carbons (Fsp3) is 0.235. The molecule has 2 aromatic heterocycles. The van der Waals surface area contributed by atoms with Crippen LogP contribution in [0.3, 0.4) is 0 Å². The molecular weight excluding hydrogens is 346 g/mol. The van der Waals surface area contributed by atoms with E-state index in [4.69, 9.17) is 9.84 Å². The van der Waals surface area contributed by atoms with E-state index in [0.29, 0.717) is 23.5 Å². The lowest BCUT2D eigenvalue weighted by Gasteiger charge is -2.10. The molecule has 3 aromatic rings. The van der Waals surface area contributed by atoms with Crippen molar-refractivity contribution in [3.8, 4) is 5.75 Å². The molecule has 2 heterocycles. The van der Waals surface area contributed by atoms with E-state index in [-0.39, 0.29) is 12.3 Å². The lowest BCUT2D eigenvalue weighted by Crippen LogP contribution is -2.15. The number of pyridine rings is 1. The Balaban J connectivity index is 1.91. The summed E-state index contributed by atoms with van der Waals surface area (Å²) in [7, 11) is 1.44. The number of alkyl halides is 2. The number of hydrogen-bond acceptors (Lipinski definition) is 5. The van der Waals surface area contributed by atoms with E-state index in [1.807, 2.05) is 0 Å². The lowest BCUT2D eigenvalue weighted by molar-refractivity contribution is 0.101. The Kier molecular flexibility index (Phi) is 5.08. The number of aliphatic hydroxyl groups excluding tert-OH is 1. The maximum absolute atomic E-state index is 12.8. The van der Waals surface area contributed by atoms with Crippen molar-refractivity contribution in [2.45, 2.75) is 13.0 Å². The van der Waals surface area contributed by atoms with Gasteiger partial charge < -0.3 is 15.2 Å². The predicted molar refractivity (Wildman–Crippen MR) is 90.5 cm³/mol. The number of nitrogens with zero attached hydrogens (tertiary/aromatic N) is 3. The molecule has 9 heteroatoms. The number of amides is 1. The van der Waals surface area contributed by atoms with Gasteiger partial charge in [-0.05, 0) is 18.2 Å². The second-order valence-corrected chi connectivity index (χ2v) is 5.43. The Morgan fingerprint density at radius 1 is 1.38 bits per heavy atom. The third-order valence-electron chi connectivity index (χ3n) is 3.68. The van der Waals surface area contributed by atoms with Crippen LogP contribution in [0, 0.1) is 0 Å². The highest BCUT2D eigenvalue weighted by molar-refractivity contribution is 6.05. The normalized spacial score (nSPS) is 11.1. The Labute approximate surface area is 147 Å². The van der Waals surface area contributed by atoms with Crippen molar-refractivity contribution in [3.63, 3.8) is 0 Å². The predicted octanol–water partition coefficient (Wildman–Crippen LogP) is 2.62. The maximum Gasteiger partial charge on any atom is 0.280 e. The van der Waals surface area contributed by atoms with Crippen LogP contribution in [0.15, 0.2) is 36.5 Å². The van der Waals surface area contributed by atoms with Crippen LogP contribution < -0.4 is 10.1 Å². The van der Waals surface area contributed by atoms with Crippen LogP contribution in [0.25, 0.3) is 10.9 Å². The molecule has 0 aliphatic heterocycles. The Morgan fingerprint density at radius 2 is 2.19 bits per heavy atom. The van der Waals surface area contributed by atoms with Gasteiger partial charge in [0.1, 0.15) is 17.1 Å². The summed E-state index contributed by atoms with van der Waals surface area (Å²) in [6, 6.07) is 7.16. The number of carbonyl (C=O) groups is 1. The number of benzene rings is 1. The average molecular weight is 362 g/mol. The van der Waals surface area contributed by atoms with Gasteiger partial charge in [-0.2, -0.15) is 5.10 Å². The smallest absolute Gasteiger partial charge is 0.280 e. The van der Waals surface area contributed by atoms with Crippen LogP contribution in [-0.4, -0.2) is 39.5 Å². The van der Waals surface area contributed by atoms with Crippen LogP contribution in [0.5, 0.6) is 5.75 Å². The van der Waals surface area contributed by atoms with Crippen molar-refractivity contribution >= 4 is 22.5 Å². The van der Waals surface area contributed by atoms with Gasteiger partial charge in [0, 0.05) is 17.6 Å². The van der Waals surface area contributed by atoms with Crippen LogP contribution >= 0.6 is 0 Å². The summed E-state index contributed by atoms with van der Waals surface area (Å²) in [5.41, 5.74) is 0.398. The van der Waals surface area contributed by atoms with E-state index in [0.717, 1.165) is 11.5 Å². The van der Waals surface area contributed by atoms with E-state index in [2.05, 4.69) is 15.4 Å². The number of rotatable bonds is 6. The van der Waals surface area contributed by atoms with Crippen molar-refractivity contribution in [2.24, 2.45) is 0 Å². The molecule has 0 saturated carbocycles. The Hall–Kier alpha value is -3.07. The maximum atomic E-state index is 12.8. The second-order valence-electron chi connectivity index (χ2n) is 5.43. The number of hydrogen-bond donors (Lipinski definition) is 2. The van der Waals surface area contributed by atoms with E-state index in [9.17, 15) is 13.6 Å². The minimum atomic E-state index is -2.76. The third-order valence-corrected chi connectivity index (χ3v) is 3.68. The molecule has 1 amide bonds. The summed E-state index contributed by atoms with van der Waals surface area (Å²) < 4.78 is 32.3. The van der Waals surface area contributed by atoms with Crippen molar-refractivity contribution in [2.75, 3.05) is 19.0 Å². The third kappa shape index (κ3) is 3.62. The van der Waals surface area contributed by atoms with Gasteiger partial charge in [0.25, 0.3) is 12.3 Å². The number of ether oxygens (including phenoxy) is 1. The fourth-order valence-corrected chi connectivity index (χ4v) is 2.47. The Bertz CT molecular complexity index is 943. The molecule has 7 nitrogen and oxygen atoms in total. The lowest BCUT2D eigenvalue weighted by atomic mass is 10.2. The summed E-state index contributed by atoms with van der Waals surface area (Å²) in [5.74, 6) is -0.266. The molecule has 2 N–H and O–H groups in total. The highest BCUT2D eigenvalue weighted by Crippen LogP contribution is 2.30. The molecule has 0 saturated heterocycles. The molecule has 0 bridgehead atoms. The van der Waals surface area contributed by atoms with Crippen molar-refractivity contribution in [3.05, 3.63) is 47.9 Å². The minimum Gasteiger partial charge on any atom is -0.494 e. The zero-order valence-corrected chi connectivity index (χ0v) is 13.8. The van der Waals surface area contributed by atoms with Gasteiger partial charge in [-0.3, -0.25) is 9.48 Å². The molecule has 0 aliphatic carbocycles. The highest BCUT2D eigenvalue weighted by Gasteiger charge is 2.16. The first-order valence-corrected chi connectivity index (χ1v) is 7.74. The molecule has 0 fully saturated rings. The largest absolute Gasteiger partial charge is 0.494 e. The number of carbonyl (C=O) groups excluding carboxylic acids is 1. The van der Waals surface area contributed by atoms with Crippen LogP contribution in [0.2, 0.25) is 0 Å². The molecule has 1 aromatic carbocycles. The molecule has 26 heavy (non-hydrogen) atoms. The zero-order valence-electron chi connectivity index (χ0n) is 13.8. The molecule has 0 spiro atoms. The van der Waals surface area contributed by atoms with E-state index >= 15 is 0 Å². The van der Waals surface area contributed by atoms with Gasteiger partial charge in [0.05, 0.1) is 31.5 Å². The van der Waals surface area contributed by atoms with Gasteiger partial charge in [0.15, 0.2) is 0 Å². The molecule has 0 unspecified atom stereocenters. The number of methoxy groups -OCH3 is 1. The number of fused-ring (bicyclic) bond motifs is 1. The summed E-state index contributed by atoms with van der Waals surface area (Å²) in [4.78, 5) is 16.0. The van der Waals surface area contributed by atoms with Crippen LogP contribution in [-0.2, 0) is 6.54 Å². The number of nitrogens with one attached hydrogen (secondary N) is 1. The number of halogens is 2. The molecule has 0 aliphatic rings. The summed E-state index contributed by atoms with van der Waals surface area (Å²) in [6.07, 6.45) is -1.04. The second kappa shape index (κ2) is 7.44. The quantitative estimate of drug-likeness (QED) is 0.704. The number of aliphatic hydroxyl groups is 1. The van der Waals surface area contributed by atoms with E-state index in [1.165, 1.54) is 19.2 Å². The fourth-order valence-electron chi connectivity index (χ4n) is 2.47. The van der Waals surface area contributed by atoms with E-state index in [1.54, 1.807) is 23.0 Å². The minimum absolute atomic E-state index is 0.0547.